The van der Waals surface area contributed by atoms with Crippen molar-refractivity contribution in [3.8, 4) is 11.2 Å². The van der Waals surface area contributed by atoms with Gasteiger partial charge in [0.25, 0.3) is 0 Å². The van der Waals surface area contributed by atoms with Gasteiger partial charge in [-0.2, -0.15) is 0 Å². The summed E-state index contributed by atoms with van der Waals surface area (Å²) in [4.78, 5) is 0. The first kappa shape index (κ1) is 12.2. The molecule has 14 heavy (non-hydrogen) atoms. The van der Waals surface area contributed by atoms with Crippen LogP contribution in [-0.4, -0.2) is 0 Å². The smallest absolute Gasteiger partial charge is 0.724 e. The fourth-order valence-corrected chi connectivity index (χ4v) is 1.50. The van der Waals surface area contributed by atoms with Gasteiger partial charge in [-0.05, 0) is 16.8 Å². The Morgan fingerprint density at radius 2 is 1.64 bits per heavy atom. The van der Waals surface area contributed by atoms with Gasteiger partial charge in [0.2, 0.25) is 0 Å². The molecule has 0 saturated heterocycles. The molecule has 0 radical (unpaired) electrons. The molecule has 2 aromatic carbocycles. The van der Waals surface area contributed by atoms with E-state index >= 15 is 0 Å². The molecule has 0 aliphatic rings. The predicted molar refractivity (Wildman–Crippen MR) is 58.2 cm³/mol. The molecule has 0 aliphatic carbocycles. The van der Waals surface area contributed by atoms with Crippen LogP contribution in [0.3, 0.4) is 0 Å². The van der Waals surface area contributed by atoms with E-state index < -0.39 is 0 Å². The Morgan fingerprint density at radius 1 is 0.929 bits per heavy atom. The fourth-order valence-electron chi connectivity index (χ4n) is 1.39. The number of hydrogen-bond acceptors (Lipinski definition) is 1. The van der Waals surface area contributed by atoms with Gasteiger partial charge in [-0.25, -0.2) is 5.25 Å². The summed E-state index contributed by atoms with van der Waals surface area (Å²) in [5, 5.41) is 4.88. The summed E-state index contributed by atoms with van der Waals surface area (Å²) < 4.78 is 0. The van der Waals surface area contributed by atoms with Crippen molar-refractivity contribution in [1.29, 1.82) is 0 Å². The van der Waals surface area contributed by atoms with Crippen LogP contribution in [0.5, 0.6) is 0 Å². The van der Waals surface area contributed by atoms with Gasteiger partial charge in [0.05, 0.1) is 0 Å². The topological polar surface area (TPSA) is 0 Å². The number of benzene rings is 2. The van der Waals surface area contributed by atoms with Crippen molar-refractivity contribution in [1.82, 2.24) is 0 Å². The Balaban J connectivity index is 0.000000980. The third kappa shape index (κ3) is 2.57. The van der Waals surface area contributed by atoms with Crippen LogP contribution in [-0.2, 0) is 12.6 Å². The number of rotatable bonds is 0. The summed E-state index contributed by atoms with van der Waals surface area (Å²) in [6.07, 6.45) is 0. The molecule has 0 fully saturated rings. The molecule has 0 heterocycles. The molecular weight excluding hydrogens is 215 g/mol. The monoisotopic (exact) mass is 222 g/mol. The minimum absolute atomic E-state index is 0. The predicted octanol–water partition coefficient (Wildman–Crippen LogP) is -0.300. The Labute approximate surface area is 132 Å². The van der Waals surface area contributed by atoms with Crippen molar-refractivity contribution in [2.24, 2.45) is 0 Å². The average molecular weight is 222 g/mol. The van der Waals surface area contributed by atoms with E-state index in [0.717, 1.165) is 5.56 Å². The minimum Gasteiger partial charge on any atom is -0.724 e. The quantitative estimate of drug-likeness (QED) is 0.335. The zero-order chi connectivity index (χ0) is 9.10. The average Bonchev–Trinajstić information content (AvgIpc) is 2.19. The van der Waals surface area contributed by atoms with Gasteiger partial charge in [0.15, 0.2) is 0 Å². The Morgan fingerprint density at radius 3 is 2.43 bits per heavy atom. The van der Waals surface area contributed by atoms with E-state index in [0.29, 0.717) is 0 Å². The summed E-state index contributed by atoms with van der Waals surface area (Å²) in [5.74, 6) is 2.92. The molecular formula is C12H7KS. The molecule has 0 nitrogen and oxygen atoms in total. The van der Waals surface area contributed by atoms with Crippen LogP contribution >= 0.6 is 0 Å². The summed E-state index contributed by atoms with van der Waals surface area (Å²) in [5.41, 5.74) is 1.01. The second kappa shape index (κ2) is 5.87. The van der Waals surface area contributed by atoms with Crippen molar-refractivity contribution in [3.05, 3.63) is 48.0 Å². The molecule has 62 valence electrons. The first-order chi connectivity index (χ1) is 6.42. The molecule has 0 aliphatic heterocycles. The maximum atomic E-state index is 4.64. The van der Waals surface area contributed by atoms with E-state index in [9.17, 15) is 0 Å². The van der Waals surface area contributed by atoms with Crippen LogP contribution in [0.1, 0.15) is 5.56 Å². The number of hydrogen-bond donors (Lipinski definition) is 0. The normalized spacial score (nSPS) is 8.57. The second-order valence-electron chi connectivity index (χ2n) is 2.75. The molecule has 2 aromatic rings. The van der Waals surface area contributed by atoms with Gasteiger partial charge in [0.1, 0.15) is 0 Å². The van der Waals surface area contributed by atoms with Gasteiger partial charge >= 0.3 is 51.4 Å². The van der Waals surface area contributed by atoms with Crippen molar-refractivity contribution < 1.29 is 51.4 Å². The Bertz CT molecular complexity index is 489. The molecule has 0 amide bonds. The summed E-state index contributed by atoms with van der Waals surface area (Å²) in [6.45, 7) is 0. The number of fused-ring (bicyclic) bond motifs is 1. The van der Waals surface area contributed by atoms with Crippen molar-refractivity contribution >= 4 is 23.4 Å². The van der Waals surface area contributed by atoms with Crippen LogP contribution in [0.25, 0.3) is 10.8 Å². The molecule has 0 bridgehead atoms. The van der Waals surface area contributed by atoms with Crippen LogP contribution in [0.4, 0.5) is 0 Å². The molecule has 0 N–H and O–H groups in total. The molecule has 0 saturated carbocycles. The Hall–Kier alpha value is 0.116. The van der Waals surface area contributed by atoms with Crippen molar-refractivity contribution in [3.63, 3.8) is 0 Å². The van der Waals surface area contributed by atoms with Gasteiger partial charge in [-0.15, -0.1) is 0 Å². The van der Waals surface area contributed by atoms with Crippen LogP contribution in [0.2, 0.25) is 0 Å². The molecule has 0 atom stereocenters. The third-order valence-corrected chi connectivity index (χ3v) is 2.08. The fraction of sp³-hybridized carbons (Fsp3) is 0. The second-order valence-corrected chi connectivity index (χ2v) is 2.96. The van der Waals surface area contributed by atoms with E-state index in [4.69, 9.17) is 0 Å². The van der Waals surface area contributed by atoms with Crippen LogP contribution in [0, 0.1) is 11.2 Å². The minimum atomic E-state index is 0. The summed E-state index contributed by atoms with van der Waals surface area (Å²) in [7, 11) is 0. The molecule has 0 unspecified atom stereocenters. The molecule has 0 spiro atoms. The van der Waals surface area contributed by atoms with Crippen molar-refractivity contribution in [2.45, 2.75) is 0 Å². The van der Waals surface area contributed by atoms with E-state index in [1.807, 2.05) is 24.3 Å². The maximum Gasteiger partial charge on any atom is 1.00 e. The van der Waals surface area contributed by atoms with Gasteiger partial charge in [0, 0.05) is 5.56 Å². The maximum absolute atomic E-state index is 4.64. The first-order valence-electron chi connectivity index (χ1n) is 4.03. The van der Waals surface area contributed by atoms with E-state index in [2.05, 4.69) is 42.0 Å². The van der Waals surface area contributed by atoms with Crippen LogP contribution < -0.4 is 51.4 Å². The SMILES string of the molecule is [K+].[S-]C#Cc1cccc2ccccc12. The molecule has 2 heteroatoms. The van der Waals surface area contributed by atoms with Crippen LogP contribution in [0.15, 0.2) is 42.5 Å². The molecule has 2 rings (SSSR count). The molecule has 0 aromatic heterocycles. The zero-order valence-corrected chi connectivity index (χ0v) is 11.9. The van der Waals surface area contributed by atoms with Crippen molar-refractivity contribution in [2.75, 3.05) is 0 Å². The third-order valence-electron chi connectivity index (χ3n) is 1.98. The van der Waals surface area contributed by atoms with Gasteiger partial charge < -0.3 is 12.6 Å². The first-order valence-corrected chi connectivity index (χ1v) is 4.43. The van der Waals surface area contributed by atoms with E-state index in [1.165, 1.54) is 10.8 Å². The van der Waals surface area contributed by atoms with E-state index in [1.54, 1.807) is 0 Å². The zero-order valence-electron chi connectivity index (χ0n) is 7.95. The standard InChI is InChI=1S/C12H8S.K/c13-9-8-11-6-3-5-10-4-1-2-7-12(10)11;/h1-7,13H;/q;+1/p-1. The van der Waals surface area contributed by atoms with E-state index in [-0.39, 0.29) is 51.4 Å². The Kier molecular flexibility index (Phi) is 5.11. The largest absolute Gasteiger partial charge is 1.00 e. The van der Waals surface area contributed by atoms with Gasteiger partial charge in [-0.1, -0.05) is 42.3 Å². The summed E-state index contributed by atoms with van der Waals surface area (Å²) >= 11 is 4.64. The summed E-state index contributed by atoms with van der Waals surface area (Å²) in [6, 6.07) is 14.2. The van der Waals surface area contributed by atoms with Gasteiger partial charge in [-0.3, -0.25) is 0 Å².